The molecule has 2 aromatic rings. The molecule has 0 amide bonds. The van der Waals surface area contributed by atoms with E-state index >= 15 is 0 Å². The van der Waals surface area contributed by atoms with Gasteiger partial charge in [-0.1, -0.05) is 13.8 Å². The summed E-state index contributed by atoms with van der Waals surface area (Å²) in [7, 11) is 0. The van der Waals surface area contributed by atoms with Crippen molar-refractivity contribution >= 4 is 11.0 Å². The number of rotatable bonds is 2. The first-order valence-corrected chi connectivity index (χ1v) is 7.39. The van der Waals surface area contributed by atoms with Gasteiger partial charge in [0, 0.05) is 5.39 Å². The molecule has 0 saturated heterocycles. The molecular formula is C17H22FNO. The zero-order chi connectivity index (χ0) is 14.3. The zero-order valence-corrected chi connectivity index (χ0v) is 12.2. The van der Waals surface area contributed by atoms with E-state index in [0.29, 0.717) is 16.9 Å². The molecule has 108 valence electrons. The monoisotopic (exact) mass is 275 g/mol. The van der Waals surface area contributed by atoms with Gasteiger partial charge in [0.15, 0.2) is 0 Å². The van der Waals surface area contributed by atoms with Crippen LogP contribution in [-0.2, 0) is 0 Å². The van der Waals surface area contributed by atoms with Gasteiger partial charge in [0.1, 0.15) is 17.2 Å². The SMILES string of the molecule is CC1(C)CCC(C(N)c2cc3cc(F)ccc3o2)CC1. The van der Waals surface area contributed by atoms with Crippen molar-refractivity contribution in [1.82, 2.24) is 0 Å². The van der Waals surface area contributed by atoms with E-state index in [-0.39, 0.29) is 11.9 Å². The molecule has 1 fully saturated rings. The van der Waals surface area contributed by atoms with Crippen molar-refractivity contribution in [2.75, 3.05) is 0 Å². The second kappa shape index (κ2) is 4.88. The summed E-state index contributed by atoms with van der Waals surface area (Å²) >= 11 is 0. The third-order valence-electron chi connectivity index (χ3n) is 4.72. The highest BCUT2D eigenvalue weighted by Gasteiger charge is 2.31. The number of fused-ring (bicyclic) bond motifs is 1. The minimum absolute atomic E-state index is 0.0819. The summed E-state index contributed by atoms with van der Waals surface area (Å²) in [4.78, 5) is 0. The molecule has 0 aliphatic heterocycles. The lowest BCUT2D eigenvalue weighted by Gasteiger charge is -2.36. The molecule has 1 unspecified atom stereocenters. The summed E-state index contributed by atoms with van der Waals surface area (Å²) in [5.74, 6) is 1.02. The highest BCUT2D eigenvalue weighted by Crippen LogP contribution is 2.42. The van der Waals surface area contributed by atoms with Crippen LogP contribution >= 0.6 is 0 Å². The van der Waals surface area contributed by atoms with E-state index in [2.05, 4.69) is 13.8 Å². The Labute approximate surface area is 119 Å². The average molecular weight is 275 g/mol. The average Bonchev–Trinajstić information content (AvgIpc) is 2.80. The molecular weight excluding hydrogens is 253 g/mol. The molecule has 1 aromatic heterocycles. The summed E-state index contributed by atoms with van der Waals surface area (Å²) in [5, 5.41) is 0.798. The Hall–Kier alpha value is -1.35. The molecule has 1 aromatic carbocycles. The van der Waals surface area contributed by atoms with Crippen molar-refractivity contribution < 1.29 is 8.81 Å². The number of hydrogen-bond donors (Lipinski definition) is 1. The van der Waals surface area contributed by atoms with Gasteiger partial charge < -0.3 is 10.2 Å². The van der Waals surface area contributed by atoms with E-state index in [1.165, 1.54) is 25.0 Å². The quantitative estimate of drug-likeness (QED) is 0.856. The van der Waals surface area contributed by atoms with Crippen LogP contribution in [0, 0.1) is 17.2 Å². The van der Waals surface area contributed by atoms with Crippen molar-refractivity contribution in [2.24, 2.45) is 17.1 Å². The van der Waals surface area contributed by atoms with E-state index in [1.54, 1.807) is 6.07 Å². The molecule has 0 bridgehead atoms. The first-order valence-electron chi connectivity index (χ1n) is 7.39. The fourth-order valence-electron chi connectivity index (χ4n) is 3.21. The van der Waals surface area contributed by atoms with E-state index in [4.69, 9.17) is 10.2 Å². The summed E-state index contributed by atoms with van der Waals surface area (Å²) in [6.07, 6.45) is 4.69. The third-order valence-corrected chi connectivity index (χ3v) is 4.72. The number of benzene rings is 1. The van der Waals surface area contributed by atoms with Crippen molar-refractivity contribution in [3.63, 3.8) is 0 Å². The first-order chi connectivity index (χ1) is 9.44. The normalized spacial score (nSPS) is 21.2. The van der Waals surface area contributed by atoms with Gasteiger partial charge in [-0.3, -0.25) is 0 Å². The largest absolute Gasteiger partial charge is 0.459 e. The van der Waals surface area contributed by atoms with Crippen LogP contribution in [0.2, 0.25) is 0 Å². The van der Waals surface area contributed by atoms with Gasteiger partial charge >= 0.3 is 0 Å². The molecule has 3 heteroatoms. The zero-order valence-electron chi connectivity index (χ0n) is 12.2. The fraction of sp³-hybridized carbons (Fsp3) is 0.529. The Morgan fingerprint density at radius 1 is 1.25 bits per heavy atom. The Bertz CT molecular complexity index is 606. The van der Waals surface area contributed by atoms with Gasteiger partial charge in [-0.2, -0.15) is 0 Å². The molecule has 1 aliphatic carbocycles. The van der Waals surface area contributed by atoms with Gasteiger partial charge in [0.05, 0.1) is 6.04 Å². The molecule has 3 rings (SSSR count). The van der Waals surface area contributed by atoms with Crippen LogP contribution in [0.15, 0.2) is 28.7 Å². The maximum atomic E-state index is 13.2. The fourth-order valence-corrected chi connectivity index (χ4v) is 3.21. The number of hydrogen-bond acceptors (Lipinski definition) is 2. The predicted molar refractivity (Wildman–Crippen MR) is 78.8 cm³/mol. The first kappa shape index (κ1) is 13.6. The lowest BCUT2D eigenvalue weighted by atomic mass is 9.71. The van der Waals surface area contributed by atoms with Crippen LogP contribution in [0.4, 0.5) is 4.39 Å². The molecule has 1 heterocycles. The summed E-state index contributed by atoms with van der Waals surface area (Å²) in [5.41, 5.74) is 7.53. The van der Waals surface area contributed by atoms with Crippen molar-refractivity contribution in [2.45, 2.75) is 45.6 Å². The minimum Gasteiger partial charge on any atom is -0.459 e. The lowest BCUT2D eigenvalue weighted by Crippen LogP contribution is -2.28. The Kier molecular flexibility index (Phi) is 3.33. The van der Waals surface area contributed by atoms with Crippen molar-refractivity contribution in [1.29, 1.82) is 0 Å². The van der Waals surface area contributed by atoms with Gasteiger partial charge in [-0.15, -0.1) is 0 Å². The molecule has 1 atom stereocenters. The van der Waals surface area contributed by atoms with Gasteiger partial charge in [-0.05, 0) is 61.3 Å². The van der Waals surface area contributed by atoms with E-state index in [9.17, 15) is 4.39 Å². The Balaban J connectivity index is 1.80. The summed E-state index contributed by atoms with van der Waals surface area (Å²) in [6, 6.07) is 6.40. The van der Waals surface area contributed by atoms with E-state index < -0.39 is 0 Å². The Morgan fingerprint density at radius 3 is 2.65 bits per heavy atom. The highest BCUT2D eigenvalue weighted by molar-refractivity contribution is 5.78. The second-order valence-electron chi connectivity index (χ2n) is 6.86. The number of nitrogens with two attached hydrogens (primary N) is 1. The maximum absolute atomic E-state index is 13.2. The van der Waals surface area contributed by atoms with Gasteiger partial charge in [-0.25, -0.2) is 4.39 Å². The van der Waals surface area contributed by atoms with E-state index in [1.807, 2.05) is 6.07 Å². The predicted octanol–water partition coefficient (Wildman–Crippen LogP) is 4.79. The van der Waals surface area contributed by atoms with Crippen LogP contribution in [0.3, 0.4) is 0 Å². The number of furan rings is 1. The van der Waals surface area contributed by atoms with Crippen LogP contribution in [-0.4, -0.2) is 0 Å². The Morgan fingerprint density at radius 2 is 1.95 bits per heavy atom. The molecule has 2 nitrogen and oxygen atoms in total. The third kappa shape index (κ3) is 2.59. The van der Waals surface area contributed by atoms with E-state index in [0.717, 1.165) is 24.0 Å². The topological polar surface area (TPSA) is 39.2 Å². The standard InChI is InChI=1S/C17H22FNO/c1-17(2)7-5-11(6-8-17)16(19)15-10-12-9-13(18)3-4-14(12)20-15/h3-4,9-11,16H,5-8,19H2,1-2H3. The lowest BCUT2D eigenvalue weighted by molar-refractivity contribution is 0.167. The maximum Gasteiger partial charge on any atom is 0.134 e. The highest BCUT2D eigenvalue weighted by atomic mass is 19.1. The van der Waals surface area contributed by atoms with Crippen molar-refractivity contribution in [3.05, 3.63) is 35.8 Å². The van der Waals surface area contributed by atoms with Crippen LogP contribution in [0.1, 0.15) is 51.3 Å². The van der Waals surface area contributed by atoms with Gasteiger partial charge in [0.25, 0.3) is 0 Å². The van der Waals surface area contributed by atoms with Gasteiger partial charge in [0.2, 0.25) is 0 Å². The van der Waals surface area contributed by atoms with Crippen LogP contribution < -0.4 is 5.73 Å². The number of halogens is 1. The molecule has 0 spiro atoms. The van der Waals surface area contributed by atoms with Crippen molar-refractivity contribution in [3.8, 4) is 0 Å². The second-order valence-corrected chi connectivity index (χ2v) is 6.86. The molecule has 1 saturated carbocycles. The van der Waals surface area contributed by atoms with Crippen LogP contribution in [0.5, 0.6) is 0 Å². The summed E-state index contributed by atoms with van der Waals surface area (Å²) in [6.45, 7) is 4.64. The molecule has 0 radical (unpaired) electrons. The molecule has 1 aliphatic rings. The summed E-state index contributed by atoms with van der Waals surface area (Å²) < 4.78 is 19.0. The van der Waals surface area contributed by atoms with Crippen LogP contribution in [0.25, 0.3) is 11.0 Å². The smallest absolute Gasteiger partial charge is 0.134 e. The minimum atomic E-state index is -0.238. The molecule has 20 heavy (non-hydrogen) atoms. The molecule has 2 N–H and O–H groups in total.